The maximum atomic E-state index is 12.5. The molecule has 0 radical (unpaired) electrons. The van der Waals surface area contributed by atoms with Gasteiger partial charge in [0.2, 0.25) is 0 Å². The summed E-state index contributed by atoms with van der Waals surface area (Å²) in [5.41, 5.74) is 10.5. The highest BCUT2D eigenvalue weighted by Gasteiger charge is 2.16. The van der Waals surface area contributed by atoms with Crippen LogP contribution in [0.3, 0.4) is 0 Å². The fourth-order valence-corrected chi connectivity index (χ4v) is 3.27. The van der Waals surface area contributed by atoms with Gasteiger partial charge in [0.25, 0.3) is 5.91 Å². The van der Waals surface area contributed by atoms with Crippen molar-refractivity contribution < 1.29 is 4.79 Å². The van der Waals surface area contributed by atoms with Crippen molar-refractivity contribution in [3.05, 3.63) is 64.4 Å². The molecule has 0 aliphatic carbocycles. The minimum Gasteiger partial charge on any atom is -0.313 e. The Hall–Kier alpha value is -2.90. The molecular weight excluding hydrogens is 370 g/mol. The molecule has 1 amide bonds. The molecule has 2 aromatic heterocycles. The first-order chi connectivity index (χ1) is 12.7. The van der Waals surface area contributed by atoms with E-state index in [-0.39, 0.29) is 12.5 Å². The number of hydrogen-bond donors (Lipinski definition) is 2. The van der Waals surface area contributed by atoms with Crippen molar-refractivity contribution in [1.29, 1.82) is 0 Å². The summed E-state index contributed by atoms with van der Waals surface area (Å²) in [6.45, 7) is 0.119. The number of thiazole rings is 1. The Morgan fingerprint density at radius 3 is 2.73 bits per heavy atom. The first-order valence-corrected chi connectivity index (χ1v) is 9.17. The molecule has 0 bridgehead atoms. The van der Waals surface area contributed by atoms with Crippen LogP contribution >= 0.6 is 22.9 Å². The lowest BCUT2D eigenvalue weighted by atomic mass is 10.3. The summed E-state index contributed by atoms with van der Waals surface area (Å²) in [6, 6.07) is 14.8. The van der Waals surface area contributed by atoms with Gasteiger partial charge in [0.05, 0.1) is 22.2 Å². The molecule has 4 rings (SSSR count). The van der Waals surface area contributed by atoms with Gasteiger partial charge in [0, 0.05) is 10.4 Å². The number of rotatable bonds is 5. The lowest BCUT2D eigenvalue weighted by Crippen LogP contribution is -2.32. The Morgan fingerprint density at radius 2 is 1.96 bits per heavy atom. The van der Waals surface area contributed by atoms with E-state index < -0.39 is 0 Å². The smallest absolute Gasteiger partial charge is 0.258 e. The van der Waals surface area contributed by atoms with E-state index in [1.165, 1.54) is 11.3 Å². The number of halogens is 1. The van der Waals surface area contributed by atoms with E-state index >= 15 is 0 Å². The van der Waals surface area contributed by atoms with Crippen molar-refractivity contribution >= 4 is 45.6 Å². The van der Waals surface area contributed by atoms with Crippen molar-refractivity contribution in [3.8, 4) is 11.5 Å². The predicted molar refractivity (Wildman–Crippen MR) is 104 cm³/mol. The number of para-hydroxylation sites is 2. The van der Waals surface area contributed by atoms with Crippen molar-refractivity contribution in [3.63, 3.8) is 0 Å². The molecule has 2 heterocycles. The number of imidazole rings is 1. The van der Waals surface area contributed by atoms with Crippen molar-refractivity contribution in [2.75, 3.05) is 5.43 Å². The van der Waals surface area contributed by atoms with Crippen LogP contribution in [0.4, 0.5) is 5.69 Å². The fourth-order valence-electron chi connectivity index (χ4n) is 2.61. The first kappa shape index (κ1) is 16.6. The van der Waals surface area contributed by atoms with Gasteiger partial charge in [-0.3, -0.25) is 15.6 Å². The zero-order chi connectivity index (χ0) is 17.9. The number of fused-ring (bicyclic) bond motifs is 1. The number of anilines is 1. The van der Waals surface area contributed by atoms with Gasteiger partial charge in [-0.2, -0.15) is 0 Å². The van der Waals surface area contributed by atoms with Gasteiger partial charge in [-0.25, -0.2) is 9.97 Å². The monoisotopic (exact) mass is 383 g/mol. The number of amides is 1. The second-order valence-electron chi connectivity index (χ2n) is 5.56. The molecule has 0 saturated heterocycles. The van der Waals surface area contributed by atoms with Crippen LogP contribution < -0.4 is 10.9 Å². The molecule has 0 unspecified atom stereocenters. The zero-order valence-corrected chi connectivity index (χ0v) is 15.1. The molecule has 0 atom stereocenters. The molecule has 0 spiro atoms. The molecule has 2 aromatic carbocycles. The van der Waals surface area contributed by atoms with Gasteiger partial charge in [0.15, 0.2) is 5.82 Å². The summed E-state index contributed by atoms with van der Waals surface area (Å²) in [5.74, 6) is 0.480. The summed E-state index contributed by atoms with van der Waals surface area (Å²) in [4.78, 5) is 21.4. The third kappa shape index (κ3) is 3.40. The maximum Gasteiger partial charge on any atom is 0.258 e. The molecule has 26 heavy (non-hydrogen) atoms. The van der Waals surface area contributed by atoms with Crippen LogP contribution in [-0.4, -0.2) is 20.4 Å². The third-order valence-corrected chi connectivity index (χ3v) is 4.65. The number of carbonyl (C=O) groups is 1. The standard InChI is InChI=1S/C18H14ClN5OS/c19-12-5-7-13(8-6-12)22-23-17(25)9-24-16-4-2-1-3-14(16)21-18(24)15-10-26-11-20-15/h1-8,10-11,22H,9H2,(H,23,25). The molecule has 2 N–H and O–H groups in total. The summed E-state index contributed by atoms with van der Waals surface area (Å²) in [5, 5.41) is 2.56. The normalized spacial score (nSPS) is 10.8. The lowest BCUT2D eigenvalue weighted by Gasteiger charge is -2.11. The van der Waals surface area contributed by atoms with Gasteiger partial charge >= 0.3 is 0 Å². The Morgan fingerprint density at radius 1 is 1.15 bits per heavy atom. The van der Waals surface area contributed by atoms with Crippen molar-refractivity contribution in [2.24, 2.45) is 0 Å². The molecule has 8 heteroatoms. The van der Waals surface area contributed by atoms with E-state index in [0.717, 1.165) is 22.4 Å². The van der Waals surface area contributed by atoms with Crippen molar-refractivity contribution in [2.45, 2.75) is 6.54 Å². The third-order valence-electron chi connectivity index (χ3n) is 3.81. The Balaban J connectivity index is 1.57. The van der Waals surface area contributed by atoms with Gasteiger partial charge in [-0.1, -0.05) is 23.7 Å². The molecule has 4 aromatic rings. The average Bonchev–Trinajstić information content (AvgIpc) is 3.30. The highest BCUT2D eigenvalue weighted by molar-refractivity contribution is 7.07. The van der Waals surface area contributed by atoms with Crippen molar-refractivity contribution in [1.82, 2.24) is 20.0 Å². The predicted octanol–water partition coefficient (Wildman–Crippen LogP) is 3.96. The number of carbonyl (C=O) groups excluding carboxylic acids is 1. The van der Waals surface area contributed by atoms with Gasteiger partial charge < -0.3 is 4.57 Å². The highest BCUT2D eigenvalue weighted by Crippen LogP contribution is 2.24. The van der Waals surface area contributed by atoms with E-state index in [1.54, 1.807) is 29.8 Å². The van der Waals surface area contributed by atoms with E-state index in [2.05, 4.69) is 20.8 Å². The maximum absolute atomic E-state index is 12.5. The number of nitrogens with one attached hydrogen (secondary N) is 2. The summed E-state index contributed by atoms with van der Waals surface area (Å²) >= 11 is 7.35. The van der Waals surface area contributed by atoms with Crippen LogP contribution in [0.1, 0.15) is 0 Å². The first-order valence-electron chi connectivity index (χ1n) is 7.85. The minimum atomic E-state index is -0.195. The highest BCUT2D eigenvalue weighted by atomic mass is 35.5. The largest absolute Gasteiger partial charge is 0.313 e. The topological polar surface area (TPSA) is 71.8 Å². The molecule has 130 valence electrons. The summed E-state index contributed by atoms with van der Waals surface area (Å²) < 4.78 is 1.86. The van der Waals surface area contributed by atoms with E-state index in [1.807, 2.05) is 34.2 Å². The minimum absolute atomic E-state index is 0.119. The van der Waals surface area contributed by atoms with E-state index in [0.29, 0.717) is 10.8 Å². The Kier molecular flexibility index (Phi) is 4.55. The Bertz CT molecular complexity index is 1040. The van der Waals surface area contributed by atoms with E-state index in [4.69, 9.17) is 11.6 Å². The quantitative estimate of drug-likeness (QED) is 0.512. The molecule has 0 fully saturated rings. The average molecular weight is 384 g/mol. The van der Waals surface area contributed by atoms with Gasteiger partial charge in [0.1, 0.15) is 12.2 Å². The molecule has 0 aliphatic heterocycles. The number of nitrogens with zero attached hydrogens (tertiary/aromatic N) is 3. The molecule has 0 aliphatic rings. The number of hydrazine groups is 1. The molecular formula is C18H14ClN5OS. The van der Waals surface area contributed by atoms with Crippen LogP contribution in [0.25, 0.3) is 22.6 Å². The SMILES string of the molecule is O=C(Cn1c(-c2cscn2)nc2ccccc21)NNc1ccc(Cl)cc1. The second-order valence-corrected chi connectivity index (χ2v) is 6.72. The fraction of sp³-hybridized carbons (Fsp3) is 0.0556. The molecule has 6 nitrogen and oxygen atoms in total. The van der Waals surface area contributed by atoms with Gasteiger partial charge in [-0.15, -0.1) is 11.3 Å². The molecule has 0 saturated carbocycles. The number of benzene rings is 2. The van der Waals surface area contributed by atoms with E-state index in [9.17, 15) is 4.79 Å². The summed E-state index contributed by atoms with van der Waals surface area (Å²) in [7, 11) is 0. The van der Waals surface area contributed by atoms with Crippen LogP contribution in [0.5, 0.6) is 0 Å². The second kappa shape index (κ2) is 7.15. The lowest BCUT2D eigenvalue weighted by molar-refractivity contribution is -0.121. The summed E-state index contributed by atoms with van der Waals surface area (Å²) in [6.07, 6.45) is 0. The van der Waals surface area contributed by atoms with Gasteiger partial charge in [-0.05, 0) is 36.4 Å². The number of hydrogen-bond acceptors (Lipinski definition) is 5. The Labute approximate surface area is 158 Å². The van der Waals surface area contributed by atoms with Crippen LogP contribution in [0.15, 0.2) is 59.4 Å². The van der Waals surface area contributed by atoms with Crippen LogP contribution in [0, 0.1) is 0 Å². The van der Waals surface area contributed by atoms with Crippen LogP contribution in [0.2, 0.25) is 5.02 Å². The number of aromatic nitrogens is 3. The van der Waals surface area contributed by atoms with Crippen LogP contribution in [-0.2, 0) is 11.3 Å². The zero-order valence-electron chi connectivity index (χ0n) is 13.5.